The number of carbonyl (C=O) groups excluding carboxylic acids is 1. The summed E-state index contributed by atoms with van der Waals surface area (Å²) in [5, 5.41) is 6.36. The van der Waals surface area contributed by atoms with Crippen molar-refractivity contribution in [3.8, 4) is 0 Å². The highest BCUT2D eigenvalue weighted by molar-refractivity contribution is 9.10. The van der Waals surface area contributed by atoms with Crippen LogP contribution in [0, 0.1) is 5.92 Å². The summed E-state index contributed by atoms with van der Waals surface area (Å²) in [7, 11) is 0. The number of rotatable bonds is 3. The van der Waals surface area contributed by atoms with Gasteiger partial charge in [0.25, 0.3) is 0 Å². The van der Waals surface area contributed by atoms with Crippen molar-refractivity contribution < 1.29 is 4.79 Å². The third kappa shape index (κ3) is 4.20. The first-order chi connectivity index (χ1) is 8.49. The SMILES string of the molecule is CC(C)(NC(=O)C1CCNC1)c1ccc(Br)cc1.Cl. The van der Waals surface area contributed by atoms with Gasteiger partial charge in [-0.1, -0.05) is 28.1 Å². The van der Waals surface area contributed by atoms with E-state index in [2.05, 4.69) is 26.6 Å². The first kappa shape index (κ1) is 16.5. The molecule has 0 aromatic heterocycles. The van der Waals surface area contributed by atoms with E-state index in [0.717, 1.165) is 29.5 Å². The summed E-state index contributed by atoms with van der Waals surface area (Å²) in [6.07, 6.45) is 0.933. The molecule has 1 aromatic rings. The second-order valence-electron chi connectivity index (χ2n) is 5.31. The molecule has 5 heteroatoms. The van der Waals surface area contributed by atoms with Gasteiger partial charge in [0.15, 0.2) is 0 Å². The van der Waals surface area contributed by atoms with Gasteiger partial charge in [-0.05, 0) is 44.5 Å². The van der Waals surface area contributed by atoms with Crippen molar-refractivity contribution in [3.63, 3.8) is 0 Å². The standard InChI is InChI=1S/C14H19BrN2O.ClH/c1-14(2,11-3-5-12(15)6-4-11)17-13(18)10-7-8-16-9-10;/h3-6,10,16H,7-9H2,1-2H3,(H,17,18);1H. The van der Waals surface area contributed by atoms with E-state index in [-0.39, 0.29) is 29.8 Å². The summed E-state index contributed by atoms with van der Waals surface area (Å²) in [5.74, 6) is 0.257. The smallest absolute Gasteiger partial charge is 0.225 e. The van der Waals surface area contributed by atoms with Crippen LogP contribution in [0.2, 0.25) is 0 Å². The zero-order valence-corrected chi connectivity index (χ0v) is 13.6. The lowest BCUT2D eigenvalue weighted by molar-refractivity contribution is -0.126. The monoisotopic (exact) mass is 346 g/mol. The molecule has 1 atom stereocenters. The molecule has 1 saturated heterocycles. The Morgan fingerprint density at radius 2 is 2.00 bits per heavy atom. The minimum atomic E-state index is -0.333. The molecule has 2 N–H and O–H groups in total. The fraction of sp³-hybridized carbons (Fsp3) is 0.500. The van der Waals surface area contributed by atoms with Crippen molar-refractivity contribution in [2.24, 2.45) is 5.92 Å². The van der Waals surface area contributed by atoms with Crippen molar-refractivity contribution in [1.29, 1.82) is 0 Å². The topological polar surface area (TPSA) is 41.1 Å². The van der Waals surface area contributed by atoms with E-state index in [9.17, 15) is 4.79 Å². The van der Waals surface area contributed by atoms with E-state index in [0.29, 0.717) is 0 Å². The van der Waals surface area contributed by atoms with Gasteiger partial charge in [0.1, 0.15) is 0 Å². The zero-order chi connectivity index (χ0) is 13.2. The van der Waals surface area contributed by atoms with Crippen molar-refractivity contribution >= 4 is 34.2 Å². The minimum absolute atomic E-state index is 0. The van der Waals surface area contributed by atoms with Crippen molar-refractivity contribution in [3.05, 3.63) is 34.3 Å². The molecule has 106 valence electrons. The van der Waals surface area contributed by atoms with Crippen LogP contribution in [0.5, 0.6) is 0 Å². The van der Waals surface area contributed by atoms with Gasteiger partial charge in [-0.2, -0.15) is 0 Å². The minimum Gasteiger partial charge on any atom is -0.347 e. The number of hydrogen-bond acceptors (Lipinski definition) is 2. The molecule has 1 unspecified atom stereocenters. The number of halogens is 2. The summed E-state index contributed by atoms with van der Waals surface area (Å²) in [5.41, 5.74) is 0.783. The van der Waals surface area contributed by atoms with E-state index >= 15 is 0 Å². The zero-order valence-electron chi connectivity index (χ0n) is 11.2. The lowest BCUT2D eigenvalue weighted by Crippen LogP contribution is -2.44. The lowest BCUT2D eigenvalue weighted by Gasteiger charge is -2.28. The summed E-state index contributed by atoms with van der Waals surface area (Å²) in [4.78, 5) is 12.1. The quantitative estimate of drug-likeness (QED) is 0.883. The molecule has 1 amide bonds. The first-order valence-corrected chi connectivity index (χ1v) is 7.07. The third-order valence-electron chi connectivity index (χ3n) is 3.43. The molecule has 1 aliphatic rings. The summed E-state index contributed by atoms with van der Waals surface area (Å²) >= 11 is 3.42. The van der Waals surface area contributed by atoms with Crippen LogP contribution in [0.3, 0.4) is 0 Å². The maximum Gasteiger partial charge on any atom is 0.225 e. The van der Waals surface area contributed by atoms with Gasteiger partial charge in [0.2, 0.25) is 5.91 Å². The van der Waals surface area contributed by atoms with Gasteiger partial charge in [-0.25, -0.2) is 0 Å². The van der Waals surface area contributed by atoms with Gasteiger partial charge < -0.3 is 10.6 Å². The highest BCUT2D eigenvalue weighted by Crippen LogP contribution is 2.23. The van der Waals surface area contributed by atoms with Crippen LogP contribution in [0.1, 0.15) is 25.8 Å². The lowest BCUT2D eigenvalue weighted by atomic mass is 9.93. The van der Waals surface area contributed by atoms with Crippen molar-refractivity contribution in [1.82, 2.24) is 10.6 Å². The number of nitrogens with one attached hydrogen (secondary N) is 2. The number of benzene rings is 1. The number of carbonyl (C=O) groups is 1. The van der Waals surface area contributed by atoms with Gasteiger partial charge in [0, 0.05) is 11.0 Å². The summed E-state index contributed by atoms with van der Waals surface area (Å²) < 4.78 is 1.05. The average molecular weight is 348 g/mol. The molecule has 2 rings (SSSR count). The fourth-order valence-corrected chi connectivity index (χ4v) is 2.49. The number of hydrogen-bond donors (Lipinski definition) is 2. The maximum absolute atomic E-state index is 12.1. The van der Waals surface area contributed by atoms with Gasteiger partial charge in [0.05, 0.1) is 11.5 Å². The summed E-state index contributed by atoms with van der Waals surface area (Å²) in [6, 6.07) is 8.08. The van der Waals surface area contributed by atoms with E-state index in [1.165, 1.54) is 0 Å². The molecular formula is C14H20BrClN2O. The first-order valence-electron chi connectivity index (χ1n) is 6.28. The molecule has 0 spiro atoms. The predicted molar refractivity (Wildman–Crippen MR) is 83.5 cm³/mol. The van der Waals surface area contributed by atoms with Gasteiger partial charge in [-0.3, -0.25) is 4.79 Å². The predicted octanol–water partition coefficient (Wildman–Crippen LogP) is 2.83. The van der Waals surface area contributed by atoms with E-state index < -0.39 is 0 Å². The average Bonchev–Trinajstić information content (AvgIpc) is 2.82. The molecule has 0 radical (unpaired) electrons. The second-order valence-corrected chi connectivity index (χ2v) is 6.23. The Kier molecular flexibility index (Phi) is 5.83. The van der Waals surface area contributed by atoms with Crippen LogP contribution in [-0.2, 0) is 10.3 Å². The molecule has 1 aromatic carbocycles. The highest BCUT2D eigenvalue weighted by Gasteiger charge is 2.28. The maximum atomic E-state index is 12.1. The van der Waals surface area contributed by atoms with Crippen LogP contribution < -0.4 is 10.6 Å². The molecular weight excluding hydrogens is 328 g/mol. The fourth-order valence-electron chi connectivity index (χ4n) is 2.23. The largest absolute Gasteiger partial charge is 0.347 e. The Morgan fingerprint density at radius 3 is 2.53 bits per heavy atom. The molecule has 1 heterocycles. The molecule has 3 nitrogen and oxygen atoms in total. The van der Waals surface area contributed by atoms with Gasteiger partial charge in [-0.15, -0.1) is 12.4 Å². The third-order valence-corrected chi connectivity index (χ3v) is 3.96. The molecule has 19 heavy (non-hydrogen) atoms. The van der Waals surface area contributed by atoms with Crippen molar-refractivity contribution in [2.45, 2.75) is 25.8 Å². The molecule has 1 fully saturated rings. The normalized spacial score (nSPS) is 18.8. The van der Waals surface area contributed by atoms with Crippen LogP contribution in [0.25, 0.3) is 0 Å². The van der Waals surface area contributed by atoms with Crippen molar-refractivity contribution in [2.75, 3.05) is 13.1 Å². The number of amides is 1. The Hall–Kier alpha value is -0.580. The van der Waals surface area contributed by atoms with E-state index in [4.69, 9.17) is 0 Å². The van der Waals surface area contributed by atoms with E-state index in [1.807, 2.05) is 38.1 Å². The van der Waals surface area contributed by atoms with E-state index in [1.54, 1.807) is 0 Å². The van der Waals surface area contributed by atoms with Crippen LogP contribution in [-0.4, -0.2) is 19.0 Å². The molecule has 1 aliphatic heterocycles. The molecule has 0 aliphatic carbocycles. The molecule has 0 bridgehead atoms. The van der Waals surface area contributed by atoms with Crippen LogP contribution in [0.15, 0.2) is 28.7 Å². The highest BCUT2D eigenvalue weighted by atomic mass is 79.9. The Bertz CT molecular complexity index is 428. The second kappa shape index (κ2) is 6.73. The Morgan fingerprint density at radius 1 is 1.37 bits per heavy atom. The van der Waals surface area contributed by atoms with Gasteiger partial charge >= 0.3 is 0 Å². The molecule has 0 saturated carbocycles. The summed E-state index contributed by atoms with van der Waals surface area (Å²) in [6.45, 7) is 5.81. The Balaban J connectivity index is 0.00000180. The van der Waals surface area contributed by atoms with Crippen LogP contribution >= 0.6 is 28.3 Å². The Labute approximate surface area is 129 Å². The van der Waals surface area contributed by atoms with Crippen LogP contribution in [0.4, 0.5) is 0 Å².